The van der Waals surface area contributed by atoms with E-state index in [1.54, 1.807) is 0 Å². The first kappa shape index (κ1) is 40.4. The van der Waals surface area contributed by atoms with Crippen molar-refractivity contribution >= 4 is 52.1 Å². The van der Waals surface area contributed by atoms with E-state index in [0.717, 1.165) is 131 Å². The third-order valence-corrected chi connectivity index (χ3v) is 13.2. The Labute approximate surface area is 342 Å². The normalized spacial score (nSPS) is 22.0. The fraction of sp³-hybridized carbons (Fsp3) is 0.511. The molecule has 0 aliphatic carbocycles. The summed E-state index contributed by atoms with van der Waals surface area (Å²) < 4.78 is 0. The lowest BCUT2D eigenvalue weighted by molar-refractivity contribution is -0.133. The van der Waals surface area contributed by atoms with Crippen molar-refractivity contribution in [1.82, 2.24) is 15.1 Å². The highest BCUT2D eigenvalue weighted by Gasteiger charge is 2.38. The number of piperidine rings is 2. The molecule has 0 spiro atoms. The Kier molecular flexibility index (Phi) is 12.9. The molecular weight excluding hydrogens is 736 g/mol. The zero-order valence-electron chi connectivity index (χ0n) is 33.5. The van der Waals surface area contributed by atoms with Crippen LogP contribution in [0.3, 0.4) is 0 Å². The number of hydrogen-bond donors (Lipinski definition) is 3. The average Bonchev–Trinajstić information content (AvgIpc) is 3.64. The Balaban J connectivity index is 0.823. The SMILES string of the molecule is CCCC1(CCNc2ccc(C(=O)N3CCC(CN4CCN(c5cccc(N[C@@H]6CCC(=O)NC6=O)c5)CC4)CC3)cc2)CCN(c2ccc(C#N)c(Cl)c2C)C1. The molecule has 57 heavy (non-hydrogen) atoms. The highest BCUT2D eigenvalue weighted by Crippen LogP contribution is 2.42. The maximum absolute atomic E-state index is 13.5. The first-order valence-corrected chi connectivity index (χ1v) is 21.3. The third-order valence-electron chi connectivity index (χ3n) is 12.7. The van der Waals surface area contributed by atoms with Gasteiger partial charge < -0.3 is 25.3 Å². The summed E-state index contributed by atoms with van der Waals surface area (Å²) in [6.45, 7) is 13.6. The second-order valence-electron chi connectivity index (χ2n) is 16.6. The first-order chi connectivity index (χ1) is 27.6. The summed E-state index contributed by atoms with van der Waals surface area (Å²) in [6, 6.07) is 21.9. The molecule has 4 aliphatic rings. The van der Waals surface area contributed by atoms with Crippen molar-refractivity contribution in [2.45, 2.75) is 71.3 Å². The molecule has 3 N–H and O–H groups in total. The molecule has 0 aromatic heterocycles. The number of carbonyl (C=O) groups excluding carboxylic acids is 3. The van der Waals surface area contributed by atoms with Crippen molar-refractivity contribution < 1.29 is 14.4 Å². The highest BCUT2D eigenvalue weighted by atomic mass is 35.5. The Morgan fingerprint density at radius 1 is 0.930 bits per heavy atom. The van der Waals surface area contributed by atoms with Crippen LogP contribution in [-0.4, -0.2) is 99.0 Å². The van der Waals surface area contributed by atoms with E-state index in [4.69, 9.17) is 11.6 Å². The van der Waals surface area contributed by atoms with E-state index in [2.05, 4.69) is 55.8 Å². The number of benzene rings is 3. The van der Waals surface area contributed by atoms with Crippen LogP contribution in [0.2, 0.25) is 5.02 Å². The van der Waals surface area contributed by atoms with Gasteiger partial charge in [0.25, 0.3) is 5.91 Å². The number of imide groups is 1. The van der Waals surface area contributed by atoms with Crippen LogP contribution in [0.5, 0.6) is 0 Å². The number of carbonyl (C=O) groups is 3. The van der Waals surface area contributed by atoms with Gasteiger partial charge in [-0.25, -0.2) is 0 Å². The van der Waals surface area contributed by atoms with Gasteiger partial charge in [-0.05, 0) is 117 Å². The molecule has 0 radical (unpaired) electrons. The number of nitriles is 1. The summed E-state index contributed by atoms with van der Waals surface area (Å²) >= 11 is 6.52. The van der Waals surface area contributed by atoms with Crippen molar-refractivity contribution in [3.05, 3.63) is 82.4 Å². The van der Waals surface area contributed by atoms with Crippen molar-refractivity contribution in [2.75, 3.05) is 85.9 Å². The largest absolute Gasteiger partial charge is 0.385 e. The van der Waals surface area contributed by atoms with Crippen molar-refractivity contribution in [1.29, 1.82) is 5.26 Å². The zero-order chi connectivity index (χ0) is 39.9. The molecular formula is C45H57ClN8O3. The lowest BCUT2D eigenvalue weighted by Crippen LogP contribution is -2.49. The van der Waals surface area contributed by atoms with E-state index in [1.807, 2.05) is 60.4 Å². The molecule has 2 atom stereocenters. The molecule has 3 aromatic rings. The number of halogens is 1. The summed E-state index contributed by atoms with van der Waals surface area (Å²) in [5, 5.41) is 19.3. The Bertz CT molecular complexity index is 1950. The van der Waals surface area contributed by atoms with Gasteiger partial charge >= 0.3 is 0 Å². The quantitative estimate of drug-likeness (QED) is 0.159. The maximum Gasteiger partial charge on any atom is 0.253 e. The molecule has 4 heterocycles. The topological polar surface area (TPSA) is 124 Å². The molecule has 4 saturated heterocycles. The van der Waals surface area contributed by atoms with E-state index in [0.29, 0.717) is 29.3 Å². The van der Waals surface area contributed by atoms with Gasteiger partial charge in [0.2, 0.25) is 11.8 Å². The molecule has 1 unspecified atom stereocenters. The number of nitrogens with one attached hydrogen (secondary N) is 3. The van der Waals surface area contributed by atoms with E-state index < -0.39 is 6.04 Å². The number of nitrogens with zero attached hydrogens (tertiary/aromatic N) is 5. The predicted octanol–water partition coefficient (Wildman–Crippen LogP) is 6.91. The second kappa shape index (κ2) is 18.2. The number of hydrogen-bond acceptors (Lipinski definition) is 9. The molecule has 3 amide bonds. The van der Waals surface area contributed by atoms with Crippen molar-refractivity contribution in [3.63, 3.8) is 0 Å². The van der Waals surface area contributed by atoms with Crippen LogP contribution in [-0.2, 0) is 9.59 Å². The summed E-state index contributed by atoms with van der Waals surface area (Å²) in [7, 11) is 0. The van der Waals surface area contributed by atoms with Crippen LogP contribution in [0.4, 0.5) is 22.7 Å². The van der Waals surface area contributed by atoms with Crippen LogP contribution < -0.4 is 25.8 Å². The van der Waals surface area contributed by atoms with Crippen molar-refractivity contribution in [3.8, 4) is 6.07 Å². The average molecular weight is 793 g/mol. The standard InChI is InChI=1S/C45H57ClN8O3/c1-3-17-45(19-23-54(31-45)40-13-9-35(29-47)42(46)32(40)2)18-20-48-36-10-7-34(8-11-36)44(57)53-21-15-33(16-22-53)30-51-24-26-52(27-25-51)38-6-4-5-37(28-38)49-39-12-14-41(55)50-43(39)56/h4-11,13,28,33,39,48-49H,3,12,14-27,30-31H2,1-2H3,(H,50,55,56)/t39-,45?/m1/s1. The Morgan fingerprint density at radius 2 is 1.70 bits per heavy atom. The maximum atomic E-state index is 13.5. The van der Waals surface area contributed by atoms with Gasteiger partial charge in [0.15, 0.2) is 0 Å². The molecule has 12 heteroatoms. The Hall–Kier alpha value is -4.79. The van der Waals surface area contributed by atoms with Gasteiger partial charge in [-0.2, -0.15) is 5.26 Å². The van der Waals surface area contributed by atoms with Gasteiger partial charge in [0, 0.05) is 100 Å². The predicted molar refractivity (Wildman–Crippen MR) is 228 cm³/mol. The first-order valence-electron chi connectivity index (χ1n) is 20.9. The third kappa shape index (κ3) is 9.68. The molecule has 4 fully saturated rings. The van der Waals surface area contributed by atoms with E-state index in [9.17, 15) is 19.6 Å². The fourth-order valence-electron chi connectivity index (χ4n) is 9.39. The molecule has 11 nitrogen and oxygen atoms in total. The van der Waals surface area contributed by atoms with Crippen LogP contribution in [0, 0.1) is 29.6 Å². The molecule has 7 rings (SSSR count). The lowest BCUT2D eigenvalue weighted by Gasteiger charge is -2.39. The summed E-state index contributed by atoms with van der Waals surface area (Å²) in [5.41, 5.74) is 6.68. The minimum absolute atomic E-state index is 0.120. The highest BCUT2D eigenvalue weighted by molar-refractivity contribution is 6.32. The van der Waals surface area contributed by atoms with E-state index in [1.165, 1.54) is 6.42 Å². The van der Waals surface area contributed by atoms with Gasteiger partial charge in [0.1, 0.15) is 12.1 Å². The van der Waals surface area contributed by atoms with Gasteiger partial charge in [-0.1, -0.05) is 31.0 Å². The summed E-state index contributed by atoms with van der Waals surface area (Å²) in [6.07, 6.45) is 7.40. The summed E-state index contributed by atoms with van der Waals surface area (Å²) in [4.78, 5) is 46.7. The van der Waals surface area contributed by atoms with Gasteiger partial charge in [-0.15, -0.1) is 0 Å². The van der Waals surface area contributed by atoms with Crippen molar-refractivity contribution in [2.24, 2.45) is 11.3 Å². The molecule has 0 bridgehead atoms. The van der Waals surface area contributed by atoms with Crippen LogP contribution in [0.15, 0.2) is 60.7 Å². The number of likely N-dealkylation sites (tertiary alicyclic amines) is 1. The van der Waals surface area contributed by atoms with Crippen LogP contribution in [0.25, 0.3) is 0 Å². The number of anilines is 4. The fourth-order valence-corrected chi connectivity index (χ4v) is 9.59. The second-order valence-corrected chi connectivity index (χ2v) is 17.0. The number of rotatable bonds is 13. The molecule has 0 saturated carbocycles. The van der Waals surface area contributed by atoms with Crippen LogP contribution in [0.1, 0.15) is 79.8 Å². The lowest BCUT2D eigenvalue weighted by atomic mass is 9.79. The van der Waals surface area contributed by atoms with Gasteiger partial charge in [-0.3, -0.25) is 24.6 Å². The smallest absolute Gasteiger partial charge is 0.253 e. The van der Waals surface area contributed by atoms with E-state index >= 15 is 0 Å². The van der Waals surface area contributed by atoms with E-state index in [-0.39, 0.29) is 23.1 Å². The molecule has 4 aliphatic heterocycles. The molecule has 3 aromatic carbocycles. The monoisotopic (exact) mass is 792 g/mol. The summed E-state index contributed by atoms with van der Waals surface area (Å²) in [5.74, 6) is 0.241. The minimum atomic E-state index is -0.391. The number of piperazine rings is 1. The number of amides is 3. The van der Waals surface area contributed by atoms with Crippen LogP contribution >= 0.6 is 11.6 Å². The Morgan fingerprint density at radius 3 is 2.42 bits per heavy atom. The van der Waals surface area contributed by atoms with Gasteiger partial charge in [0.05, 0.1) is 10.6 Å². The molecule has 302 valence electrons. The minimum Gasteiger partial charge on any atom is -0.385 e. The zero-order valence-corrected chi connectivity index (χ0v) is 34.3.